The lowest BCUT2D eigenvalue weighted by molar-refractivity contribution is 0.627. The van der Waals surface area contributed by atoms with E-state index in [0.717, 1.165) is 5.56 Å². The SMILES string of the molecule is CC(Nc1ccc(F)cc1C#N)c1cccc(Cl)c1Cl. The molecule has 0 aliphatic heterocycles. The van der Waals surface area contributed by atoms with E-state index in [2.05, 4.69) is 5.32 Å². The van der Waals surface area contributed by atoms with Crippen LogP contribution in [0.15, 0.2) is 36.4 Å². The number of hydrogen-bond acceptors (Lipinski definition) is 2. The summed E-state index contributed by atoms with van der Waals surface area (Å²) in [6.45, 7) is 1.89. The van der Waals surface area contributed by atoms with E-state index in [4.69, 9.17) is 28.5 Å². The molecule has 0 amide bonds. The van der Waals surface area contributed by atoms with Gasteiger partial charge in [0.15, 0.2) is 0 Å². The summed E-state index contributed by atoms with van der Waals surface area (Å²) < 4.78 is 13.1. The molecular weight excluding hydrogens is 298 g/mol. The second-order valence-electron chi connectivity index (χ2n) is 4.31. The highest BCUT2D eigenvalue weighted by atomic mass is 35.5. The fourth-order valence-corrected chi connectivity index (χ4v) is 2.37. The molecule has 1 atom stereocenters. The van der Waals surface area contributed by atoms with Crippen LogP contribution in [0, 0.1) is 17.1 Å². The van der Waals surface area contributed by atoms with Crippen LogP contribution in [-0.4, -0.2) is 0 Å². The number of anilines is 1. The molecule has 1 unspecified atom stereocenters. The second-order valence-corrected chi connectivity index (χ2v) is 5.10. The molecule has 20 heavy (non-hydrogen) atoms. The molecule has 0 aliphatic rings. The van der Waals surface area contributed by atoms with Gasteiger partial charge < -0.3 is 5.32 Å². The first-order chi connectivity index (χ1) is 9.52. The molecule has 0 saturated carbocycles. The van der Waals surface area contributed by atoms with Crippen LogP contribution >= 0.6 is 23.2 Å². The number of rotatable bonds is 3. The van der Waals surface area contributed by atoms with E-state index in [1.807, 2.05) is 19.1 Å². The minimum atomic E-state index is -0.444. The quantitative estimate of drug-likeness (QED) is 0.848. The molecule has 0 fully saturated rings. The fraction of sp³-hybridized carbons (Fsp3) is 0.133. The number of benzene rings is 2. The van der Waals surface area contributed by atoms with Gasteiger partial charge in [0.2, 0.25) is 0 Å². The van der Waals surface area contributed by atoms with Gasteiger partial charge in [-0.15, -0.1) is 0 Å². The number of halogens is 3. The third-order valence-corrected chi connectivity index (χ3v) is 3.76. The average Bonchev–Trinajstić information content (AvgIpc) is 2.43. The predicted octanol–water partition coefficient (Wildman–Crippen LogP) is 5.18. The maximum absolute atomic E-state index is 13.1. The molecule has 0 aromatic heterocycles. The normalized spacial score (nSPS) is 11.8. The minimum absolute atomic E-state index is 0.168. The van der Waals surface area contributed by atoms with E-state index in [1.54, 1.807) is 12.1 Å². The van der Waals surface area contributed by atoms with Gasteiger partial charge in [0.25, 0.3) is 0 Å². The molecule has 0 aliphatic carbocycles. The Hall–Kier alpha value is -1.76. The van der Waals surface area contributed by atoms with Gasteiger partial charge in [0.05, 0.1) is 27.3 Å². The molecule has 0 spiro atoms. The van der Waals surface area contributed by atoms with Gasteiger partial charge in [-0.05, 0) is 36.8 Å². The van der Waals surface area contributed by atoms with Crippen molar-refractivity contribution in [2.24, 2.45) is 0 Å². The van der Waals surface area contributed by atoms with Crippen LogP contribution in [-0.2, 0) is 0 Å². The maximum atomic E-state index is 13.1. The van der Waals surface area contributed by atoms with E-state index >= 15 is 0 Å². The lowest BCUT2D eigenvalue weighted by atomic mass is 10.1. The molecule has 2 aromatic rings. The monoisotopic (exact) mass is 308 g/mol. The summed E-state index contributed by atoms with van der Waals surface area (Å²) in [4.78, 5) is 0. The number of nitriles is 1. The minimum Gasteiger partial charge on any atom is -0.377 e. The van der Waals surface area contributed by atoms with Crippen LogP contribution in [0.2, 0.25) is 10.0 Å². The molecule has 2 rings (SSSR count). The molecular formula is C15H11Cl2FN2. The molecule has 2 aromatic carbocycles. The third-order valence-electron chi connectivity index (χ3n) is 2.92. The summed E-state index contributed by atoms with van der Waals surface area (Å²) in [6.07, 6.45) is 0. The smallest absolute Gasteiger partial charge is 0.124 e. The molecule has 2 nitrogen and oxygen atoms in total. The fourth-order valence-electron chi connectivity index (χ4n) is 1.90. The molecule has 5 heteroatoms. The van der Waals surface area contributed by atoms with Crippen LogP contribution in [0.4, 0.5) is 10.1 Å². The Balaban J connectivity index is 2.31. The van der Waals surface area contributed by atoms with Crippen molar-refractivity contribution in [1.82, 2.24) is 0 Å². The lowest BCUT2D eigenvalue weighted by Gasteiger charge is -2.18. The van der Waals surface area contributed by atoms with E-state index in [0.29, 0.717) is 15.7 Å². The highest BCUT2D eigenvalue weighted by Gasteiger charge is 2.13. The van der Waals surface area contributed by atoms with Gasteiger partial charge >= 0.3 is 0 Å². The lowest BCUT2D eigenvalue weighted by Crippen LogP contribution is -2.08. The second kappa shape index (κ2) is 6.13. The summed E-state index contributed by atoms with van der Waals surface area (Å²) in [7, 11) is 0. The van der Waals surface area contributed by atoms with Crippen molar-refractivity contribution in [3.8, 4) is 6.07 Å². The third kappa shape index (κ3) is 3.04. The summed E-state index contributed by atoms with van der Waals surface area (Å²) in [5.41, 5.74) is 1.61. The summed E-state index contributed by atoms with van der Waals surface area (Å²) >= 11 is 12.1. The zero-order valence-electron chi connectivity index (χ0n) is 10.6. The topological polar surface area (TPSA) is 35.8 Å². The van der Waals surface area contributed by atoms with Gasteiger partial charge in [-0.3, -0.25) is 0 Å². The number of hydrogen-bond donors (Lipinski definition) is 1. The van der Waals surface area contributed by atoms with Gasteiger partial charge in [0.1, 0.15) is 11.9 Å². The van der Waals surface area contributed by atoms with Gasteiger partial charge in [0, 0.05) is 0 Å². The van der Waals surface area contributed by atoms with Crippen molar-refractivity contribution in [1.29, 1.82) is 5.26 Å². The molecule has 1 N–H and O–H groups in total. The van der Waals surface area contributed by atoms with Crippen LogP contribution in [0.5, 0.6) is 0 Å². The van der Waals surface area contributed by atoms with Crippen LogP contribution < -0.4 is 5.32 Å². The molecule has 0 bridgehead atoms. The standard InChI is InChI=1S/C15H11Cl2FN2/c1-9(12-3-2-4-13(16)15(12)17)20-14-6-5-11(18)7-10(14)8-19/h2-7,9,20H,1H3. The first-order valence-electron chi connectivity index (χ1n) is 5.93. The summed E-state index contributed by atoms with van der Waals surface area (Å²) in [5.74, 6) is -0.444. The zero-order chi connectivity index (χ0) is 14.7. The molecule has 0 radical (unpaired) electrons. The Morgan fingerprint density at radius 1 is 1.25 bits per heavy atom. The first kappa shape index (κ1) is 14.6. The number of nitrogens with zero attached hydrogens (tertiary/aromatic N) is 1. The van der Waals surface area contributed by atoms with Gasteiger partial charge in [-0.1, -0.05) is 35.3 Å². The highest BCUT2D eigenvalue weighted by molar-refractivity contribution is 6.42. The van der Waals surface area contributed by atoms with E-state index in [1.165, 1.54) is 18.2 Å². The van der Waals surface area contributed by atoms with Crippen LogP contribution in [0.3, 0.4) is 0 Å². The highest BCUT2D eigenvalue weighted by Crippen LogP contribution is 2.32. The van der Waals surface area contributed by atoms with Crippen molar-refractivity contribution in [3.63, 3.8) is 0 Å². The summed E-state index contributed by atoms with van der Waals surface area (Å²) in [6, 6.07) is 11.2. The number of nitrogens with one attached hydrogen (secondary N) is 1. The van der Waals surface area contributed by atoms with Crippen molar-refractivity contribution in [3.05, 3.63) is 63.4 Å². The average molecular weight is 309 g/mol. The van der Waals surface area contributed by atoms with E-state index < -0.39 is 5.82 Å². The Bertz CT molecular complexity index is 680. The van der Waals surface area contributed by atoms with Crippen LogP contribution in [0.25, 0.3) is 0 Å². The van der Waals surface area contributed by atoms with E-state index in [9.17, 15) is 4.39 Å². The summed E-state index contributed by atoms with van der Waals surface area (Å²) in [5, 5.41) is 13.1. The Kier molecular flexibility index (Phi) is 4.49. The van der Waals surface area contributed by atoms with Crippen molar-refractivity contribution < 1.29 is 4.39 Å². The Labute approximate surface area is 126 Å². The van der Waals surface area contributed by atoms with Crippen molar-refractivity contribution >= 4 is 28.9 Å². The predicted molar refractivity (Wildman–Crippen MR) is 79.6 cm³/mol. The largest absolute Gasteiger partial charge is 0.377 e. The van der Waals surface area contributed by atoms with Crippen LogP contribution in [0.1, 0.15) is 24.1 Å². The first-order valence-corrected chi connectivity index (χ1v) is 6.68. The van der Waals surface area contributed by atoms with Crippen molar-refractivity contribution in [2.45, 2.75) is 13.0 Å². The molecule has 0 saturated heterocycles. The van der Waals surface area contributed by atoms with Gasteiger partial charge in [-0.2, -0.15) is 5.26 Å². The van der Waals surface area contributed by atoms with Gasteiger partial charge in [-0.25, -0.2) is 4.39 Å². The molecule has 0 heterocycles. The zero-order valence-corrected chi connectivity index (χ0v) is 12.1. The Morgan fingerprint density at radius 2 is 2.00 bits per heavy atom. The maximum Gasteiger partial charge on any atom is 0.124 e. The molecule has 102 valence electrons. The van der Waals surface area contributed by atoms with E-state index in [-0.39, 0.29) is 11.6 Å². The van der Waals surface area contributed by atoms with Crippen molar-refractivity contribution in [2.75, 3.05) is 5.32 Å². The Morgan fingerprint density at radius 3 is 2.70 bits per heavy atom.